The molecule has 0 bridgehead atoms. The number of rotatable bonds is 4. The standard InChI is InChI=1S/C15H26N2O/c1-11-6-5-7-17(12(11)2)10-15-8-14(9-16-4)13(3)18-15/h8,11-12,16H,5-7,9-10H2,1-4H3. The SMILES string of the molecule is CNCc1cc(CN2CCCC(C)C2C)oc1C. The lowest BCUT2D eigenvalue weighted by molar-refractivity contribution is 0.0983. The van der Waals surface area contributed by atoms with E-state index in [0.717, 1.165) is 30.5 Å². The molecule has 1 aromatic heterocycles. The highest BCUT2D eigenvalue weighted by molar-refractivity contribution is 5.20. The van der Waals surface area contributed by atoms with Crippen LogP contribution in [0.3, 0.4) is 0 Å². The summed E-state index contributed by atoms with van der Waals surface area (Å²) in [6.45, 7) is 9.80. The lowest BCUT2D eigenvalue weighted by Crippen LogP contribution is -2.41. The van der Waals surface area contributed by atoms with Gasteiger partial charge in [-0.25, -0.2) is 0 Å². The van der Waals surface area contributed by atoms with Crippen molar-refractivity contribution in [3.8, 4) is 0 Å². The van der Waals surface area contributed by atoms with Crippen molar-refractivity contribution in [2.45, 2.75) is 52.7 Å². The van der Waals surface area contributed by atoms with E-state index >= 15 is 0 Å². The van der Waals surface area contributed by atoms with Crippen molar-refractivity contribution < 1.29 is 4.42 Å². The smallest absolute Gasteiger partial charge is 0.118 e. The Morgan fingerprint density at radius 1 is 1.44 bits per heavy atom. The van der Waals surface area contributed by atoms with Crippen LogP contribution in [-0.2, 0) is 13.1 Å². The van der Waals surface area contributed by atoms with Crippen LogP contribution in [0.15, 0.2) is 10.5 Å². The molecular weight excluding hydrogens is 224 g/mol. The van der Waals surface area contributed by atoms with E-state index in [1.807, 2.05) is 7.05 Å². The third-order valence-electron chi connectivity index (χ3n) is 4.30. The van der Waals surface area contributed by atoms with Crippen molar-refractivity contribution >= 4 is 0 Å². The van der Waals surface area contributed by atoms with Crippen molar-refractivity contribution in [2.75, 3.05) is 13.6 Å². The molecule has 1 aliphatic rings. The monoisotopic (exact) mass is 250 g/mol. The lowest BCUT2D eigenvalue weighted by Gasteiger charge is -2.37. The van der Waals surface area contributed by atoms with Crippen LogP contribution in [0.25, 0.3) is 0 Å². The van der Waals surface area contributed by atoms with Crippen LogP contribution in [0, 0.1) is 12.8 Å². The Balaban J connectivity index is 2.02. The van der Waals surface area contributed by atoms with Gasteiger partial charge in [-0.05, 0) is 52.3 Å². The summed E-state index contributed by atoms with van der Waals surface area (Å²) in [6, 6.07) is 2.87. The number of aryl methyl sites for hydroxylation is 1. The van der Waals surface area contributed by atoms with E-state index in [0.29, 0.717) is 6.04 Å². The van der Waals surface area contributed by atoms with E-state index in [-0.39, 0.29) is 0 Å². The molecule has 2 rings (SSSR count). The molecule has 2 unspecified atom stereocenters. The molecule has 1 aromatic rings. The van der Waals surface area contributed by atoms with Crippen molar-refractivity contribution in [3.05, 3.63) is 23.2 Å². The maximum absolute atomic E-state index is 5.87. The fourth-order valence-electron chi connectivity index (χ4n) is 2.88. The third kappa shape index (κ3) is 2.96. The molecule has 3 nitrogen and oxygen atoms in total. The normalized spacial score (nSPS) is 25.6. The minimum absolute atomic E-state index is 0.664. The van der Waals surface area contributed by atoms with E-state index < -0.39 is 0 Å². The van der Waals surface area contributed by atoms with Crippen molar-refractivity contribution in [1.82, 2.24) is 10.2 Å². The minimum Gasteiger partial charge on any atom is -0.465 e. The van der Waals surface area contributed by atoms with E-state index in [1.54, 1.807) is 0 Å². The number of hydrogen-bond donors (Lipinski definition) is 1. The molecule has 1 aliphatic heterocycles. The highest BCUT2D eigenvalue weighted by atomic mass is 16.3. The Morgan fingerprint density at radius 2 is 2.22 bits per heavy atom. The van der Waals surface area contributed by atoms with Gasteiger partial charge < -0.3 is 9.73 Å². The zero-order chi connectivity index (χ0) is 13.1. The molecule has 2 heterocycles. The van der Waals surface area contributed by atoms with Gasteiger partial charge >= 0.3 is 0 Å². The van der Waals surface area contributed by atoms with E-state index in [4.69, 9.17) is 4.42 Å². The number of piperidine rings is 1. The summed E-state index contributed by atoms with van der Waals surface area (Å²) in [4.78, 5) is 2.55. The molecule has 2 atom stereocenters. The first-order chi connectivity index (χ1) is 8.61. The van der Waals surface area contributed by atoms with Gasteiger partial charge in [-0.2, -0.15) is 0 Å². The maximum Gasteiger partial charge on any atom is 0.118 e. The molecule has 1 fully saturated rings. The third-order valence-corrected chi connectivity index (χ3v) is 4.30. The predicted octanol–water partition coefficient (Wildman–Crippen LogP) is 2.93. The van der Waals surface area contributed by atoms with Crippen molar-refractivity contribution in [2.24, 2.45) is 5.92 Å². The fourth-order valence-corrected chi connectivity index (χ4v) is 2.88. The second kappa shape index (κ2) is 5.89. The van der Waals surface area contributed by atoms with Crippen LogP contribution >= 0.6 is 0 Å². The molecule has 18 heavy (non-hydrogen) atoms. The summed E-state index contributed by atoms with van der Waals surface area (Å²) in [7, 11) is 1.97. The van der Waals surface area contributed by atoms with Crippen LogP contribution in [0.4, 0.5) is 0 Å². The second-order valence-electron chi connectivity index (χ2n) is 5.66. The Morgan fingerprint density at radius 3 is 2.94 bits per heavy atom. The predicted molar refractivity (Wildman–Crippen MR) is 74.5 cm³/mol. The second-order valence-corrected chi connectivity index (χ2v) is 5.66. The molecule has 0 radical (unpaired) electrons. The van der Waals surface area contributed by atoms with Gasteiger partial charge in [0.05, 0.1) is 6.54 Å². The van der Waals surface area contributed by atoms with Gasteiger partial charge in [-0.1, -0.05) is 6.92 Å². The maximum atomic E-state index is 5.87. The first-order valence-corrected chi connectivity index (χ1v) is 7.08. The van der Waals surface area contributed by atoms with Crippen LogP contribution < -0.4 is 5.32 Å². The van der Waals surface area contributed by atoms with Gasteiger partial charge in [0.15, 0.2) is 0 Å². The van der Waals surface area contributed by atoms with Gasteiger partial charge in [-0.3, -0.25) is 4.90 Å². The highest BCUT2D eigenvalue weighted by Crippen LogP contribution is 2.25. The average molecular weight is 250 g/mol. The lowest BCUT2D eigenvalue weighted by atomic mass is 9.92. The van der Waals surface area contributed by atoms with Gasteiger partial charge in [0, 0.05) is 18.2 Å². The van der Waals surface area contributed by atoms with Gasteiger partial charge in [0.1, 0.15) is 11.5 Å². The Bertz CT molecular complexity index is 386. The molecule has 1 saturated heterocycles. The van der Waals surface area contributed by atoms with E-state index in [1.165, 1.54) is 24.9 Å². The van der Waals surface area contributed by atoms with Crippen molar-refractivity contribution in [1.29, 1.82) is 0 Å². The summed E-state index contributed by atoms with van der Waals surface area (Å²) in [6.07, 6.45) is 2.68. The molecule has 0 aliphatic carbocycles. The van der Waals surface area contributed by atoms with Crippen LogP contribution in [-0.4, -0.2) is 24.5 Å². The summed E-state index contributed by atoms with van der Waals surface area (Å²) >= 11 is 0. The zero-order valence-electron chi connectivity index (χ0n) is 12.1. The highest BCUT2D eigenvalue weighted by Gasteiger charge is 2.25. The van der Waals surface area contributed by atoms with E-state index in [9.17, 15) is 0 Å². The van der Waals surface area contributed by atoms with Gasteiger partial charge in [-0.15, -0.1) is 0 Å². The van der Waals surface area contributed by atoms with E-state index in [2.05, 4.69) is 37.1 Å². The largest absolute Gasteiger partial charge is 0.465 e. The number of hydrogen-bond acceptors (Lipinski definition) is 3. The summed E-state index contributed by atoms with van der Waals surface area (Å²) in [5.74, 6) is 2.96. The van der Waals surface area contributed by atoms with Crippen molar-refractivity contribution in [3.63, 3.8) is 0 Å². The number of likely N-dealkylation sites (tertiary alicyclic amines) is 1. The molecule has 102 valence electrons. The molecule has 0 saturated carbocycles. The first kappa shape index (κ1) is 13.6. The fraction of sp³-hybridized carbons (Fsp3) is 0.733. The number of nitrogens with one attached hydrogen (secondary N) is 1. The summed E-state index contributed by atoms with van der Waals surface area (Å²) < 4.78 is 5.87. The summed E-state index contributed by atoms with van der Waals surface area (Å²) in [5.41, 5.74) is 1.28. The van der Waals surface area contributed by atoms with Gasteiger partial charge in [0.2, 0.25) is 0 Å². The number of nitrogens with zero attached hydrogens (tertiary/aromatic N) is 1. The molecule has 1 N–H and O–H groups in total. The van der Waals surface area contributed by atoms with Crippen LogP contribution in [0.2, 0.25) is 0 Å². The molecular formula is C15H26N2O. The number of furan rings is 1. The molecule has 3 heteroatoms. The molecule has 0 spiro atoms. The summed E-state index contributed by atoms with van der Waals surface area (Å²) in [5, 5.41) is 3.18. The first-order valence-electron chi connectivity index (χ1n) is 7.08. The van der Waals surface area contributed by atoms with Gasteiger partial charge in [0.25, 0.3) is 0 Å². The molecule has 0 amide bonds. The Kier molecular flexibility index (Phi) is 4.46. The Labute approximate surface area is 111 Å². The Hall–Kier alpha value is -0.800. The average Bonchev–Trinajstić information content (AvgIpc) is 2.66. The zero-order valence-corrected chi connectivity index (χ0v) is 12.1. The van der Waals surface area contributed by atoms with Crippen LogP contribution in [0.5, 0.6) is 0 Å². The quantitative estimate of drug-likeness (QED) is 0.890. The topological polar surface area (TPSA) is 28.4 Å². The van der Waals surface area contributed by atoms with Crippen LogP contribution in [0.1, 0.15) is 43.8 Å². The molecule has 0 aromatic carbocycles. The minimum atomic E-state index is 0.664.